The van der Waals surface area contributed by atoms with Crippen LogP contribution in [-0.4, -0.2) is 36.9 Å². The fourth-order valence-corrected chi connectivity index (χ4v) is 2.47. The largest absolute Gasteiger partial charge is 0.393 e. The summed E-state index contributed by atoms with van der Waals surface area (Å²) < 4.78 is 32.0. The van der Waals surface area contributed by atoms with E-state index in [1.165, 1.54) is 6.07 Å². The predicted molar refractivity (Wildman–Crippen MR) is 72.9 cm³/mol. The van der Waals surface area contributed by atoms with Gasteiger partial charge in [-0.15, -0.1) is 0 Å². The summed E-state index contributed by atoms with van der Waals surface area (Å²) in [5.41, 5.74) is -0.585. The molecule has 1 fully saturated rings. The van der Waals surface area contributed by atoms with Gasteiger partial charge in [-0.25, -0.2) is 8.78 Å². The third-order valence-corrected chi connectivity index (χ3v) is 3.73. The molecule has 1 amide bonds. The minimum Gasteiger partial charge on any atom is -0.393 e. The van der Waals surface area contributed by atoms with E-state index in [2.05, 4.69) is 5.32 Å². The first-order valence-corrected chi connectivity index (χ1v) is 7.07. The molecule has 1 aliphatic heterocycles. The molecule has 0 spiro atoms. The number of benzene rings is 1. The van der Waals surface area contributed by atoms with Crippen LogP contribution in [0, 0.1) is 17.6 Å². The molecule has 21 heavy (non-hydrogen) atoms. The summed E-state index contributed by atoms with van der Waals surface area (Å²) in [4.78, 5) is 11.8. The van der Waals surface area contributed by atoms with Crippen molar-refractivity contribution in [2.45, 2.75) is 25.4 Å². The number of halogens is 2. The lowest BCUT2D eigenvalue weighted by atomic mass is 9.92. The maximum Gasteiger partial charge on any atom is 0.257 e. The molecule has 1 saturated heterocycles. The number of hydrogen-bond acceptors (Lipinski definition) is 3. The number of ether oxygens (including phenoxy) is 1. The molecular weight excluding hydrogens is 280 g/mol. The van der Waals surface area contributed by atoms with Crippen molar-refractivity contribution in [1.29, 1.82) is 0 Å². The van der Waals surface area contributed by atoms with E-state index in [0.29, 0.717) is 19.6 Å². The highest BCUT2D eigenvalue weighted by molar-refractivity contribution is 5.94. The fraction of sp³-hybridized carbons (Fsp3) is 0.533. The summed E-state index contributed by atoms with van der Waals surface area (Å²) in [6, 6.07) is 3.28. The number of nitrogens with one attached hydrogen (secondary N) is 1. The third kappa shape index (κ3) is 4.22. The van der Waals surface area contributed by atoms with Gasteiger partial charge in [0.15, 0.2) is 0 Å². The summed E-state index contributed by atoms with van der Waals surface area (Å²) in [7, 11) is 0. The van der Waals surface area contributed by atoms with Crippen LogP contribution in [0.3, 0.4) is 0 Å². The lowest BCUT2D eigenvalue weighted by Gasteiger charge is -2.26. The molecule has 4 nitrogen and oxygen atoms in total. The smallest absolute Gasteiger partial charge is 0.257 e. The number of carbonyl (C=O) groups is 1. The van der Waals surface area contributed by atoms with Gasteiger partial charge in [0.1, 0.15) is 17.2 Å². The van der Waals surface area contributed by atoms with Crippen molar-refractivity contribution in [2.75, 3.05) is 19.8 Å². The molecule has 0 bridgehead atoms. The van der Waals surface area contributed by atoms with Gasteiger partial charge in [-0.2, -0.15) is 0 Å². The Morgan fingerprint density at radius 2 is 1.95 bits per heavy atom. The quantitative estimate of drug-likeness (QED) is 0.872. The molecule has 1 aliphatic rings. The van der Waals surface area contributed by atoms with E-state index in [0.717, 1.165) is 25.0 Å². The van der Waals surface area contributed by atoms with Crippen LogP contribution < -0.4 is 5.32 Å². The summed E-state index contributed by atoms with van der Waals surface area (Å²) in [6.45, 7) is 1.44. The van der Waals surface area contributed by atoms with Gasteiger partial charge in [-0.05, 0) is 37.3 Å². The van der Waals surface area contributed by atoms with Crippen LogP contribution >= 0.6 is 0 Å². The lowest BCUT2D eigenvalue weighted by molar-refractivity contribution is 0.00527. The van der Waals surface area contributed by atoms with Crippen LogP contribution in [0.2, 0.25) is 0 Å². The normalized spacial score (nSPS) is 17.5. The lowest BCUT2D eigenvalue weighted by Crippen LogP contribution is -2.33. The molecule has 1 heterocycles. The number of aliphatic hydroxyl groups excluding tert-OH is 1. The second-order valence-corrected chi connectivity index (χ2v) is 5.16. The van der Waals surface area contributed by atoms with Gasteiger partial charge in [0.05, 0.1) is 6.10 Å². The Labute approximate surface area is 122 Å². The van der Waals surface area contributed by atoms with Crippen molar-refractivity contribution in [3.05, 3.63) is 35.4 Å². The van der Waals surface area contributed by atoms with Gasteiger partial charge in [-0.3, -0.25) is 4.79 Å². The van der Waals surface area contributed by atoms with Crippen molar-refractivity contribution in [2.24, 2.45) is 5.92 Å². The Hall–Kier alpha value is -1.53. The zero-order valence-corrected chi connectivity index (χ0v) is 11.6. The second kappa shape index (κ2) is 7.47. The van der Waals surface area contributed by atoms with Crippen molar-refractivity contribution >= 4 is 5.91 Å². The van der Waals surface area contributed by atoms with Gasteiger partial charge < -0.3 is 15.2 Å². The van der Waals surface area contributed by atoms with Crippen LogP contribution in [0.15, 0.2) is 18.2 Å². The topological polar surface area (TPSA) is 58.6 Å². The molecule has 1 atom stereocenters. The van der Waals surface area contributed by atoms with Gasteiger partial charge in [0.2, 0.25) is 0 Å². The van der Waals surface area contributed by atoms with Crippen molar-refractivity contribution in [1.82, 2.24) is 5.32 Å². The van der Waals surface area contributed by atoms with E-state index in [9.17, 15) is 18.7 Å². The van der Waals surface area contributed by atoms with Crippen molar-refractivity contribution in [3.63, 3.8) is 0 Å². The van der Waals surface area contributed by atoms with E-state index in [1.807, 2.05) is 0 Å². The van der Waals surface area contributed by atoms with E-state index in [4.69, 9.17) is 4.74 Å². The molecule has 1 unspecified atom stereocenters. The maximum absolute atomic E-state index is 13.4. The molecular formula is C15H19F2NO3. The summed E-state index contributed by atoms with van der Waals surface area (Å²) >= 11 is 0. The average molecular weight is 299 g/mol. The van der Waals surface area contributed by atoms with Crippen molar-refractivity contribution in [3.8, 4) is 0 Å². The first-order chi connectivity index (χ1) is 10.1. The number of hydrogen-bond donors (Lipinski definition) is 2. The summed E-state index contributed by atoms with van der Waals surface area (Å²) in [5, 5.41) is 12.5. The van der Waals surface area contributed by atoms with Gasteiger partial charge in [0.25, 0.3) is 5.91 Å². The highest BCUT2D eigenvalue weighted by atomic mass is 19.1. The van der Waals surface area contributed by atoms with E-state index in [-0.39, 0.29) is 12.5 Å². The predicted octanol–water partition coefficient (Wildman–Crippen LogP) is 1.87. The zero-order valence-electron chi connectivity index (χ0n) is 11.6. The molecule has 1 aromatic carbocycles. The molecule has 0 saturated carbocycles. The molecule has 0 radical (unpaired) electrons. The SMILES string of the molecule is O=C(NCCC(O)C1CCOCC1)c1c(F)cccc1F. The molecule has 2 rings (SSSR count). The Morgan fingerprint density at radius 1 is 1.33 bits per heavy atom. The molecule has 0 aromatic heterocycles. The van der Waals surface area contributed by atoms with Crippen LogP contribution in [0.4, 0.5) is 8.78 Å². The van der Waals surface area contributed by atoms with Crippen molar-refractivity contribution < 1.29 is 23.4 Å². The molecule has 6 heteroatoms. The van der Waals surface area contributed by atoms with Crippen LogP contribution in [0.5, 0.6) is 0 Å². The summed E-state index contributed by atoms with van der Waals surface area (Å²) in [5.74, 6) is -2.43. The highest BCUT2D eigenvalue weighted by Crippen LogP contribution is 2.20. The fourth-order valence-electron chi connectivity index (χ4n) is 2.47. The first-order valence-electron chi connectivity index (χ1n) is 7.07. The van der Waals surface area contributed by atoms with Crippen LogP contribution in [0.1, 0.15) is 29.6 Å². The Bertz CT molecular complexity index is 470. The van der Waals surface area contributed by atoms with Gasteiger partial charge in [-0.1, -0.05) is 6.07 Å². The molecule has 2 N–H and O–H groups in total. The number of amides is 1. The van der Waals surface area contributed by atoms with E-state index in [1.54, 1.807) is 0 Å². The highest BCUT2D eigenvalue weighted by Gasteiger charge is 2.22. The number of rotatable bonds is 5. The van der Waals surface area contributed by atoms with Gasteiger partial charge >= 0.3 is 0 Å². The first kappa shape index (κ1) is 15.9. The second-order valence-electron chi connectivity index (χ2n) is 5.16. The molecule has 0 aliphatic carbocycles. The van der Waals surface area contributed by atoms with Crippen LogP contribution in [0.25, 0.3) is 0 Å². The summed E-state index contributed by atoms with van der Waals surface area (Å²) in [6.07, 6.45) is 1.39. The van der Waals surface area contributed by atoms with Gasteiger partial charge in [0, 0.05) is 19.8 Å². The maximum atomic E-state index is 13.4. The Kier molecular flexibility index (Phi) is 5.64. The monoisotopic (exact) mass is 299 g/mol. The Balaban J connectivity index is 1.81. The Morgan fingerprint density at radius 3 is 2.57 bits per heavy atom. The minimum atomic E-state index is -0.891. The average Bonchev–Trinajstić information content (AvgIpc) is 2.48. The molecule has 116 valence electrons. The number of carbonyl (C=O) groups excluding carboxylic acids is 1. The minimum absolute atomic E-state index is 0.154. The molecule has 1 aromatic rings. The standard InChI is InChI=1S/C15H19F2NO3/c16-11-2-1-3-12(17)14(11)15(20)18-7-4-13(19)10-5-8-21-9-6-10/h1-3,10,13,19H,4-9H2,(H,18,20). The zero-order chi connectivity index (χ0) is 15.2. The van der Waals surface area contributed by atoms with Crippen LogP contribution in [-0.2, 0) is 4.74 Å². The van der Waals surface area contributed by atoms with E-state index < -0.39 is 29.2 Å². The third-order valence-electron chi connectivity index (χ3n) is 3.73. The number of aliphatic hydroxyl groups is 1. The van der Waals surface area contributed by atoms with E-state index >= 15 is 0 Å².